The lowest BCUT2D eigenvalue weighted by atomic mass is 9.33. The Morgan fingerprint density at radius 1 is 1.08 bits per heavy atom. The molecule has 0 unspecified atom stereocenters. The molecule has 138 valence electrons. The lowest BCUT2D eigenvalue weighted by molar-refractivity contribution is -0.225. The van der Waals surface area contributed by atoms with Crippen LogP contribution in [-0.2, 0) is 14.3 Å². The molecular weight excluding hydrogens is 302 g/mol. The maximum atomic E-state index is 12.6. The van der Waals surface area contributed by atoms with E-state index < -0.39 is 0 Å². The van der Waals surface area contributed by atoms with E-state index in [0.717, 1.165) is 39.0 Å². The average molecular weight is 338 g/mol. The number of ether oxygens (including phenoxy) is 2. The summed E-state index contributed by atoms with van der Waals surface area (Å²) in [5.74, 6) is 0.419. The Morgan fingerprint density at radius 2 is 1.71 bits per heavy atom. The van der Waals surface area contributed by atoms with Crippen LogP contribution in [0, 0.1) is 10.8 Å². The van der Waals surface area contributed by atoms with Crippen LogP contribution in [0.1, 0.15) is 71.6 Å². The zero-order chi connectivity index (χ0) is 17.2. The number of rotatable bonds is 11. The first kappa shape index (κ1) is 18.2. The average Bonchev–Trinajstić information content (AvgIpc) is 2.40. The number of methoxy groups -OCH3 is 1. The molecule has 0 aromatic rings. The van der Waals surface area contributed by atoms with E-state index in [2.05, 4.69) is 13.8 Å². The molecular formula is C20H35NO3. The molecule has 1 amide bonds. The van der Waals surface area contributed by atoms with Crippen molar-refractivity contribution in [3.63, 3.8) is 0 Å². The van der Waals surface area contributed by atoms with Gasteiger partial charge >= 0.3 is 0 Å². The molecule has 4 rings (SSSR count). The lowest BCUT2D eigenvalue weighted by Gasteiger charge is -2.71. The smallest absolute Gasteiger partial charge is 0.229 e. The van der Waals surface area contributed by atoms with E-state index in [4.69, 9.17) is 9.47 Å². The van der Waals surface area contributed by atoms with Crippen molar-refractivity contribution in [2.45, 2.75) is 83.8 Å². The van der Waals surface area contributed by atoms with Crippen LogP contribution in [0.25, 0.3) is 0 Å². The molecule has 1 aliphatic heterocycles. The Kier molecular flexibility index (Phi) is 5.55. The molecule has 24 heavy (non-hydrogen) atoms. The highest BCUT2D eigenvalue weighted by Crippen LogP contribution is 2.75. The van der Waals surface area contributed by atoms with Crippen LogP contribution in [0.5, 0.6) is 0 Å². The van der Waals surface area contributed by atoms with Crippen LogP contribution >= 0.6 is 0 Å². The highest BCUT2D eigenvalue weighted by molar-refractivity contribution is 5.87. The topological polar surface area (TPSA) is 38.8 Å². The molecule has 4 fully saturated rings. The molecule has 0 aromatic carbocycles. The lowest BCUT2D eigenvalue weighted by Crippen LogP contribution is -2.70. The van der Waals surface area contributed by atoms with E-state index in [9.17, 15) is 4.79 Å². The predicted molar refractivity (Wildman–Crippen MR) is 94.9 cm³/mol. The fourth-order valence-corrected chi connectivity index (χ4v) is 5.03. The Labute approximate surface area is 147 Å². The molecule has 0 atom stereocenters. The monoisotopic (exact) mass is 337 g/mol. The van der Waals surface area contributed by atoms with E-state index in [1.54, 1.807) is 7.11 Å². The van der Waals surface area contributed by atoms with Gasteiger partial charge in [0.15, 0.2) is 0 Å². The summed E-state index contributed by atoms with van der Waals surface area (Å²) in [6.45, 7) is 6.72. The summed E-state index contributed by atoms with van der Waals surface area (Å²) in [5, 5.41) is 0. The Hall–Kier alpha value is -0.610. The van der Waals surface area contributed by atoms with E-state index in [-0.39, 0.29) is 11.5 Å². The summed E-state index contributed by atoms with van der Waals surface area (Å²) in [6.07, 6.45) is 12.0. The molecule has 0 radical (unpaired) electrons. The van der Waals surface area contributed by atoms with Crippen molar-refractivity contribution in [1.82, 2.24) is 4.90 Å². The van der Waals surface area contributed by atoms with Gasteiger partial charge < -0.3 is 14.4 Å². The number of carbonyl (C=O) groups is 1. The van der Waals surface area contributed by atoms with Crippen LogP contribution in [0.2, 0.25) is 0 Å². The number of amides is 1. The third kappa shape index (κ3) is 3.65. The largest absolute Gasteiger partial charge is 0.379 e. The number of carbonyl (C=O) groups excluding carboxylic acids is 1. The van der Waals surface area contributed by atoms with Gasteiger partial charge in [-0.15, -0.1) is 0 Å². The number of hydrogen-bond acceptors (Lipinski definition) is 3. The first-order valence-corrected chi connectivity index (χ1v) is 9.92. The molecule has 3 saturated carbocycles. The molecule has 4 aliphatic rings. The van der Waals surface area contributed by atoms with Crippen molar-refractivity contribution < 1.29 is 14.3 Å². The van der Waals surface area contributed by atoms with Crippen LogP contribution in [0.15, 0.2) is 0 Å². The summed E-state index contributed by atoms with van der Waals surface area (Å²) >= 11 is 0. The molecule has 0 spiro atoms. The molecule has 4 nitrogen and oxygen atoms in total. The summed E-state index contributed by atoms with van der Waals surface area (Å²) in [7, 11) is 1.74. The maximum Gasteiger partial charge on any atom is 0.229 e. The molecule has 3 aliphatic carbocycles. The summed E-state index contributed by atoms with van der Waals surface area (Å²) < 4.78 is 10.8. The molecule has 4 heteroatoms. The highest BCUT2D eigenvalue weighted by Gasteiger charge is 2.71. The van der Waals surface area contributed by atoms with Gasteiger partial charge in [-0.2, -0.15) is 0 Å². The van der Waals surface area contributed by atoms with E-state index >= 15 is 0 Å². The minimum Gasteiger partial charge on any atom is -0.379 e. The minimum absolute atomic E-state index is 0.0485. The van der Waals surface area contributed by atoms with Gasteiger partial charge in [0.25, 0.3) is 0 Å². The molecule has 1 saturated heterocycles. The second kappa shape index (κ2) is 7.33. The number of likely N-dealkylation sites (tertiary alicyclic amines) is 1. The molecule has 1 heterocycles. The second-order valence-corrected chi connectivity index (χ2v) is 8.82. The fourth-order valence-electron chi connectivity index (χ4n) is 5.03. The Balaban J connectivity index is 1.21. The normalized spacial score (nSPS) is 31.6. The zero-order valence-corrected chi connectivity index (χ0v) is 15.8. The van der Waals surface area contributed by atoms with Crippen LogP contribution in [-0.4, -0.2) is 49.8 Å². The van der Waals surface area contributed by atoms with Gasteiger partial charge in [-0.3, -0.25) is 4.79 Å². The summed E-state index contributed by atoms with van der Waals surface area (Å²) in [4.78, 5) is 14.6. The summed E-state index contributed by atoms with van der Waals surface area (Å²) in [6, 6.07) is 0. The van der Waals surface area contributed by atoms with E-state index in [0.29, 0.717) is 17.4 Å². The highest BCUT2D eigenvalue weighted by atomic mass is 16.5. The standard InChI is InChI=1S/C20H35NO3/c1-16(2)24-10-8-6-4-5-7-9-19-13-20(14-19,15-19)18(22)21-11-17(12-21)23-3/h16-17H,4-15H2,1-3H3. The summed E-state index contributed by atoms with van der Waals surface area (Å²) in [5.41, 5.74) is 0.592. The minimum atomic E-state index is 0.0485. The van der Waals surface area contributed by atoms with Crippen molar-refractivity contribution in [3.05, 3.63) is 0 Å². The van der Waals surface area contributed by atoms with Gasteiger partial charge in [0.1, 0.15) is 0 Å². The third-order valence-corrected chi connectivity index (χ3v) is 6.37. The third-order valence-electron chi connectivity index (χ3n) is 6.37. The van der Waals surface area contributed by atoms with Crippen LogP contribution < -0.4 is 0 Å². The predicted octanol–water partition coefficient (Wildman–Crippen LogP) is 3.78. The van der Waals surface area contributed by atoms with Gasteiger partial charge in [0, 0.05) is 26.8 Å². The molecule has 0 N–H and O–H groups in total. The first-order valence-electron chi connectivity index (χ1n) is 9.92. The second-order valence-electron chi connectivity index (χ2n) is 8.82. The van der Waals surface area contributed by atoms with Crippen molar-refractivity contribution in [1.29, 1.82) is 0 Å². The van der Waals surface area contributed by atoms with Crippen LogP contribution in [0.4, 0.5) is 0 Å². The van der Waals surface area contributed by atoms with Crippen molar-refractivity contribution in [2.75, 3.05) is 26.8 Å². The number of hydrogen-bond donors (Lipinski definition) is 0. The van der Waals surface area contributed by atoms with Gasteiger partial charge in [-0.05, 0) is 51.4 Å². The van der Waals surface area contributed by atoms with Gasteiger partial charge in [0.2, 0.25) is 5.91 Å². The van der Waals surface area contributed by atoms with Gasteiger partial charge in [0.05, 0.1) is 17.6 Å². The molecule has 2 bridgehead atoms. The Morgan fingerprint density at radius 3 is 2.33 bits per heavy atom. The van der Waals surface area contributed by atoms with Gasteiger partial charge in [-0.25, -0.2) is 0 Å². The number of nitrogens with zero attached hydrogens (tertiary/aromatic N) is 1. The Bertz CT molecular complexity index is 422. The number of unbranched alkanes of at least 4 members (excludes halogenated alkanes) is 4. The van der Waals surface area contributed by atoms with Gasteiger partial charge in [-0.1, -0.05) is 25.7 Å². The van der Waals surface area contributed by atoms with Crippen molar-refractivity contribution >= 4 is 5.91 Å². The molecule has 0 aromatic heterocycles. The SMILES string of the molecule is COC1CN(C(=O)C23CC(CCCCCCCOC(C)C)(C2)C3)C1. The van der Waals surface area contributed by atoms with Crippen molar-refractivity contribution in [2.24, 2.45) is 10.8 Å². The van der Waals surface area contributed by atoms with Crippen molar-refractivity contribution in [3.8, 4) is 0 Å². The first-order chi connectivity index (χ1) is 11.5. The maximum absolute atomic E-state index is 12.6. The van der Waals surface area contributed by atoms with Crippen LogP contribution in [0.3, 0.4) is 0 Å². The van der Waals surface area contributed by atoms with E-state index in [1.165, 1.54) is 38.5 Å². The van der Waals surface area contributed by atoms with E-state index in [1.807, 2.05) is 4.90 Å². The zero-order valence-electron chi connectivity index (χ0n) is 15.8. The quantitative estimate of drug-likeness (QED) is 0.539. The fraction of sp³-hybridized carbons (Fsp3) is 0.950.